The second-order valence-electron chi connectivity index (χ2n) is 3.51. The smallest absolute Gasteiger partial charge is 0.352 e. The molecule has 0 bridgehead atoms. The topological polar surface area (TPSA) is 69.6 Å². The Morgan fingerprint density at radius 1 is 1.71 bits per heavy atom. The van der Waals surface area contributed by atoms with E-state index in [0.717, 1.165) is 12.8 Å². The predicted octanol–water partition coefficient (Wildman–Crippen LogP) is -0.452. The van der Waals surface area contributed by atoms with Crippen LogP contribution >= 0.6 is 0 Å². The molecule has 1 amide bonds. The second-order valence-corrected chi connectivity index (χ2v) is 3.51. The van der Waals surface area contributed by atoms with Crippen LogP contribution in [0.2, 0.25) is 0 Å². The maximum Gasteiger partial charge on any atom is 0.352 e. The van der Waals surface area contributed by atoms with Crippen molar-refractivity contribution in [2.75, 3.05) is 7.05 Å². The lowest BCUT2D eigenvalue weighted by Gasteiger charge is -2.48. The molecular formula is C9H12N2O3. The van der Waals surface area contributed by atoms with E-state index < -0.39 is 5.97 Å². The summed E-state index contributed by atoms with van der Waals surface area (Å²) in [5, 5.41) is 11.8. The number of carboxylic acids is 1. The van der Waals surface area contributed by atoms with Crippen molar-refractivity contribution in [3.05, 3.63) is 11.8 Å². The van der Waals surface area contributed by atoms with Gasteiger partial charge in [0.1, 0.15) is 11.7 Å². The zero-order valence-electron chi connectivity index (χ0n) is 7.86. The Balaban J connectivity index is 2.23. The fourth-order valence-corrected chi connectivity index (χ4v) is 2.13. The first kappa shape index (κ1) is 9.21. The third kappa shape index (κ3) is 1.05. The molecule has 0 aromatic carbocycles. The lowest BCUT2D eigenvalue weighted by molar-refractivity contribution is -0.153. The molecule has 1 unspecified atom stereocenters. The van der Waals surface area contributed by atoms with Crippen molar-refractivity contribution >= 4 is 11.9 Å². The van der Waals surface area contributed by atoms with Gasteiger partial charge < -0.3 is 10.4 Å². The van der Waals surface area contributed by atoms with Gasteiger partial charge in [0.25, 0.3) is 0 Å². The summed E-state index contributed by atoms with van der Waals surface area (Å²) in [5.41, 5.74) is 0.137. The fraction of sp³-hybridized carbons (Fsp3) is 0.556. The molecule has 0 aromatic heterocycles. The quantitative estimate of drug-likeness (QED) is 0.587. The molecule has 2 N–H and O–H groups in total. The minimum atomic E-state index is -1.02. The molecule has 76 valence electrons. The van der Waals surface area contributed by atoms with Crippen molar-refractivity contribution in [1.29, 1.82) is 0 Å². The number of hydrogen-bond acceptors (Lipinski definition) is 3. The van der Waals surface area contributed by atoms with Crippen molar-refractivity contribution in [1.82, 2.24) is 10.2 Å². The van der Waals surface area contributed by atoms with Crippen molar-refractivity contribution in [3.63, 3.8) is 0 Å². The van der Waals surface area contributed by atoms with E-state index in [9.17, 15) is 9.59 Å². The van der Waals surface area contributed by atoms with E-state index in [4.69, 9.17) is 5.11 Å². The molecule has 1 saturated heterocycles. The van der Waals surface area contributed by atoms with E-state index in [1.807, 2.05) is 0 Å². The number of carbonyl (C=O) groups is 2. The Hall–Kier alpha value is -1.36. The summed E-state index contributed by atoms with van der Waals surface area (Å²) >= 11 is 0. The number of fused-ring (bicyclic) bond motifs is 1. The van der Waals surface area contributed by atoms with Gasteiger partial charge in [0.2, 0.25) is 5.91 Å². The van der Waals surface area contributed by atoms with Crippen LogP contribution in [-0.4, -0.2) is 41.0 Å². The number of hydrogen-bond donors (Lipinski definition) is 2. The highest BCUT2D eigenvalue weighted by molar-refractivity contribution is 5.99. The van der Waals surface area contributed by atoms with Gasteiger partial charge in [-0.3, -0.25) is 9.69 Å². The van der Waals surface area contributed by atoms with E-state index in [1.54, 1.807) is 13.1 Å². The van der Waals surface area contributed by atoms with Crippen LogP contribution in [0.3, 0.4) is 0 Å². The van der Waals surface area contributed by atoms with Crippen LogP contribution in [0.25, 0.3) is 0 Å². The van der Waals surface area contributed by atoms with Crippen molar-refractivity contribution in [3.8, 4) is 0 Å². The number of carbonyl (C=O) groups excluding carboxylic acids is 1. The molecule has 2 heterocycles. The summed E-state index contributed by atoms with van der Waals surface area (Å²) in [6.07, 6.45) is 3.19. The molecule has 2 aliphatic rings. The maximum absolute atomic E-state index is 11.5. The number of amides is 1. The third-order valence-electron chi connectivity index (χ3n) is 2.81. The Labute approximate surface area is 81.4 Å². The molecule has 2 aliphatic heterocycles. The molecule has 5 nitrogen and oxygen atoms in total. The summed E-state index contributed by atoms with van der Waals surface area (Å²) in [5.74, 6) is -1.15. The zero-order valence-corrected chi connectivity index (χ0v) is 7.86. The van der Waals surface area contributed by atoms with Crippen LogP contribution < -0.4 is 5.32 Å². The molecule has 2 atom stereocenters. The fourth-order valence-electron chi connectivity index (χ4n) is 2.13. The SMILES string of the molecule is CNC1C(=O)N2C(C(=O)O)=CCC[C@H]12. The zero-order chi connectivity index (χ0) is 10.3. The molecule has 0 aliphatic carbocycles. The Kier molecular flexibility index (Phi) is 2.03. The van der Waals surface area contributed by atoms with Gasteiger partial charge in [0.15, 0.2) is 0 Å². The van der Waals surface area contributed by atoms with Crippen LogP contribution in [-0.2, 0) is 9.59 Å². The Morgan fingerprint density at radius 3 is 3.00 bits per heavy atom. The summed E-state index contributed by atoms with van der Waals surface area (Å²) in [4.78, 5) is 23.7. The van der Waals surface area contributed by atoms with Crippen LogP contribution in [0.4, 0.5) is 0 Å². The first-order valence-corrected chi connectivity index (χ1v) is 4.60. The number of allylic oxidation sites excluding steroid dienone is 1. The van der Waals surface area contributed by atoms with Crippen LogP contribution in [0.15, 0.2) is 11.8 Å². The monoisotopic (exact) mass is 196 g/mol. The van der Waals surface area contributed by atoms with Gasteiger partial charge in [-0.2, -0.15) is 0 Å². The largest absolute Gasteiger partial charge is 0.477 e. The number of carboxylic acid groups (broad SMARTS) is 1. The van der Waals surface area contributed by atoms with Gasteiger partial charge in [-0.05, 0) is 19.9 Å². The third-order valence-corrected chi connectivity index (χ3v) is 2.81. The average Bonchev–Trinajstić information content (AvgIpc) is 2.16. The first-order valence-electron chi connectivity index (χ1n) is 4.60. The number of likely N-dealkylation sites (N-methyl/N-ethyl adjacent to an activating group) is 1. The van der Waals surface area contributed by atoms with Crippen molar-refractivity contribution in [2.45, 2.75) is 24.9 Å². The Bertz CT molecular complexity index is 324. The lowest BCUT2D eigenvalue weighted by atomic mass is 9.87. The molecule has 14 heavy (non-hydrogen) atoms. The molecule has 2 rings (SSSR count). The van der Waals surface area contributed by atoms with E-state index in [1.165, 1.54) is 4.90 Å². The molecule has 0 spiro atoms. The van der Waals surface area contributed by atoms with Gasteiger partial charge in [0.05, 0.1) is 6.04 Å². The van der Waals surface area contributed by atoms with Gasteiger partial charge in [-0.25, -0.2) is 4.79 Å². The van der Waals surface area contributed by atoms with E-state index in [2.05, 4.69) is 5.32 Å². The molecule has 1 fully saturated rings. The second kappa shape index (κ2) is 3.09. The van der Waals surface area contributed by atoms with E-state index in [0.29, 0.717) is 0 Å². The normalized spacial score (nSPS) is 30.5. The number of aliphatic carboxylic acids is 1. The van der Waals surface area contributed by atoms with Crippen LogP contribution in [0.5, 0.6) is 0 Å². The predicted molar refractivity (Wildman–Crippen MR) is 48.4 cm³/mol. The molecule has 0 aromatic rings. The summed E-state index contributed by atoms with van der Waals surface area (Å²) in [7, 11) is 1.72. The first-order chi connectivity index (χ1) is 6.66. The summed E-state index contributed by atoms with van der Waals surface area (Å²) in [6, 6.07) is -0.165. The highest BCUT2D eigenvalue weighted by Gasteiger charge is 2.50. The molecular weight excluding hydrogens is 184 g/mol. The number of nitrogens with one attached hydrogen (secondary N) is 1. The minimum absolute atomic E-state index is 0.0311. The number of β-lactam (4-membered cyclic amide) rings is 1. The number of rotatable bonds is 2. The standard InChI is InChI=1S/C9H12N2O3/c1-10-7-5-3-2-4-6(9(13)14)11(5)8(7)12/h4-5,7,10H,2-3H2,1H3,(H,13,14)/t5-,7?/m1/s1. The molecule has 5 heteroatoms. The number of nitrogens with zero attached hydrogens (tertiary/aromatic N) is 1. The van der Waals surface area contributed by atoms with E-state index in [-0.39, 0.29) is 23.7 Å². The van der Waals surface area contributed by atoms with Crippen molar-refractivity contribution < 1.29 is 14.7 Å². The summed E-state index contributed by atoms with van der Waals surface area (Å²) < 4.78 is 0. The maximum atomic E-state index is 11.5. The lowest BCUT2D eigenvalue weighted by Crippen LogP contribution is -2.69. The van der Waals surface area contributed by atoms with E-state index >= 15 is 0 Å². The average molecular weight is 196 g/mol. The van der Waals surface area contributed by atoms with Crippen molar-refractivity contribution in [2.24, 2.45) is 0 Å². The van der Waals surface area contributed by atoms with Gasteiger partial charge >= 0.3 is 5.97 Å². The highest BCUT2D eigenvalue weighted by atomic mass is 16.4. The molecule has 0 radical (unpaired) electrons. The van der Waals surface area contributed by atoms with Crippen LogP contribution in [0, 0.1) is 0 Å². The Morgan fingerprint density at radius 2 is 2.43 bits per heavy atom. The highest BCUT2D eigenvalue weighted by Crippen LogP contribution is 2.32. The summed E-state index contributed by atoms with van der Waals surface area (Å²) in [6.45, 7) is 0. The molecule has 0 saturated carbocycles. The van der Waals surface area contributed by atoms with Gasteiger partial charge in [-0.15, -0.1) is 0 Å². The van der Waals surface area contributed by atoms with Crippen LogP contribution in [0.1, 0.15) is 12.8 Å². The minimum Gasteiger partial charge on any atom is -0.477 e. The van der Waals surface area contributed by atoms with Gasteiger partial charge in [0, 0.05) is 0 Å². The van der Waals surface area contributed by atoms with Gasteiger partial charge in [-0.1, -0.05) is 6.08 Å².